The number of hydrogen-bond acceptors (Lipinski definition) is 3. The second-order valence-electron chi connectivity index (χ2n) is 5.32. The van der Waals surface area contributed by atoms with Gasteiger partial charge in [-0.25, -0.2) is 0 Å². The number of epoxide rings is 1. The molecule has 1 aliphatic heterocycles. The van der Waals surface area contributed by atoms with E-state index in [2.05, 4.69) is 24.3 Å². The quantitative estimate of drug-likeness (QED) is 0.627. The minimum atomic E-state index is -0.517. The average molecular weight is 284 g/mol. The molecule has 3 rings (SSSR count). The molecule has 0 aromatic heterocycles. The minimum absolute atomic E-state index is 0.0253. The Morgan fingerprint density at radius 2 is 1.81 bits per heavy atom. The largest absolute Gasteiger partial charge is 0.494 e. The van der Waals surface area contributed by atoms with Crippen LogP contribution in [0.2, 0.25) is 0 Å². The molecular weight excluding hydrogens is 264 g/mol. The zero-order chi connectivity index (χ0) is 14.5. The molecule has 21 heavy (non-hydrogen) atoms. The van der Waals surface area contributed by atoms with Gasteiger partial charge in [-0.1, -0.05) is 42.5 Å². The fourth-order valence-electron chi connectivity index (χ4n) is 2.32. The molecule has 0 aliphatic carbocycles. The molecule has 0 radical (unpaired) electrons. The lowest BCUT2D eigenvalue weighted by atomic mass is 10.1. The fourth-order valence-corrected chi connectivity index (χ4v) is 2.32. The summed E-state index contributed by atoms with van der Waals surface area (Å²) >= 11 is 0. The van der Waals surface area contributed by atoms with Crippen molar-refractivity contribution < 1.29 is 14.6 Å². The molecule has 110 valence electrons. The van der Waals surface area contributed by atoms with Gasteiger partial charge in [-0.3, -0.25) is 0 Å². The van der Waals surface area contributed by atoms with E-state index in [0.717, 1.165) is 24.2 Å². The highest BCUT2D eigenvalue weighted by atomic mass is 16.6. The van der Waals surface area contributed by atoms with Crippen molar-refractivity contribution in [1.29, 1.82) is 0 Å². The maximum Gasteiger partial charge on any atom is 0.119 e. The molecule has 2 unspecified atom stereocenters. The molecule has 1 aliphatic rings. The van der Waals surface area contributed by atoms with E-state index in [4.69, 9.17) is 9.47 Å². The van der Waals surface area contributed by atoms with Gasteiger partial charge < -0.3 is 14.6 Å². The second kappa shape index (κ2) is 6.74. The lowest BCUT2D eigenvalue weighted by Crippen LogP contribution is -2.05. The van der Waals surface area contributed by atoms with Gasteiger partial charge >= 0.3 is 0 Å². The third-order valence-electron chi connectivity index (χ3n) is 3.65. The maximum atomic E-state index is 9.93. The Bertz CT molecular complexity index is 546. The number of hydrogen-bond donors (Lipinski definition) is 1. The van der Waals surface area contributed by atoms with Crippen LogP contribution < -0.4 is 4.74 Å². The number of benzene rings is 2. The minimum Gasteiger partial charge on any atom is -0.494 e. The second-order valence-corrected chi connectivity index (χ2v) is 5.32. The van der Waals surface area contributed by atoms with Gasteiger partial charge in [-0.2, -0.15) is 0 Å². The summed E-state index contributed by atoms with van der Waals surface area (Å²) in [6.07, 6.45) is 1.47. The monoisotopic (exact) mass is 284 g/mol. The summed E-state index contributed by atoms with van der Waals surface area (Å²) in [6.45, 7) is 1.35. The van der Waals surface area contributed by atoms with Crippen LogP contribution in [0.15, 0.2) is 54.6 Å². The van der Waals surface area contributed by atoms with E-state index in [1.807, 2.05) is 30.3 Å². The molecule has 0 amide bonds. The summed E-state index contributed by atoms with van der Waals surface area (Å²) in [5.41, 5.74) is 2.22. The van der Waals surface area contributed by atoms with Crippen molar-refractivity contribution in [2.45, 2.75) is 25.0 Å². The summed E-state index contributed by atoms with van der Waals surface area (Å²) in [5, 5.41) is 9.93. The van der Waals surface area contributed by atoms with Crippen LogP contribution in [-0.2, 0) is 11.2 Å². The first-order chi connectivity index (χ1) is 10.3. The van der Waals surface area contributed by atoms with Crippen LogP contribution in [0.25, 0.3) is 0 Å². The van der Waals surface area contributed by atoms with E-state index in [9.17, 15) is 5.11 Å². The predicted molar refractivity (Wildman–Crippen MR) is 81.4 cm³/mol. The molecule has 0 spiro atoms. The van der Waals surface area contributed by atoms with Crippen molar-refractivity contribution in [3.63, 3.8) is 0 Å². The van der Waals surface area contributed by atoms with Crippen molar-refractivity contribution in [2.75, 3.05) is 13.2 Å². The Kier molecular flexibility index (Phi) is 4.53. The Morgan fingerprint density at radius 3 is 2.48 bits per heavy atom. The first-order valence-electron chi connectivity index (χ1n) is 7.39. The van der Waals surface area contributed by atoms with Crippen LogP contribution in [0.1, 0.15) is 23.7 Å². The van der Waals surface area contributed by atoms with E-state index in [0.29, 0.717) is 13.2 Å². The van der Waals surface area contributed by atoms with Crippen molar-refractivity contribution in [3.8, 4) is 5.75 Å². The van der Waals surface area contributed by atoms with Gasteiger partial charge in [0.15, 0.2) is 0 Å². The van der Waals surface area contributed by atoms with Crippen LogP contribution >= 0.6 is 0 Å². The van der Waals surface area contributed by atoms with Gasteiger partial charge in [0.05, 0.1) is 13.2 Å². The summed E-state index contributed by atoms with van der Waals surface area (Å²) in [6, 6.07) is 18.0. The number of aliphatic hydroxyl groups is 1. The summed E-state index contributed by atoms with van der Waals surface area (Å²) in [5.74, 6) is 0.843. The molecule has 2 aromatic rings. The third-order valence-corrected chi connectivity index (χ3v) is 3.65. The zero-order valence-corrected chi connectivity index (χ0v) is 11.9. The van der Waals surface area contributed by atoms with E-state index in [-0.39, 0.29) is 6.10 Å². The SMILES string of the molecule is OC(c1ccc(OCCCc2ccccc2)cc1)C1CO1. The van der Waals surface area contributed by atoms with Crippen molar-refractivity contribution in [3.05, 3.63) is 65.7 Å². The molecule has 0 bridgehead atoms. The molecule has 1 fully saturated rings. The zero-order valence-electron chi connectivity index (χ0n) is 11.9. The molecule has 3 nitrogen and oxygen atoms in total. The first kappa shape index (κ1) is 14.1. The van der Waals surface area contributed by atoms with Crippen LogP contribution in [-0.4, -0.2) is 24.4 Å². The smallest absolute Gasteiger partial charge is 0.119 e. The fraction of sp³-hybridized carbons (Fsp3) is 0.333. The van der Waals surface area contributed by atoms with Gasteiger partial charge in [-0.15, -0.1) is 0 Å². The predicted octanol–water partition coefficient (Wildman–Crippen LogP) is 3.13. The number of aliphatic hydroxyl groups excluding tert-OH is 1. The average Bonchev–Trinajstić information content (AvgIpc) is 3.37. The highest BCUT2D eigenvalue weighted by Crippen LogP contribution is 2.28. The van der Waals surface area contributed by atoms with Gasteiger partial charge in [0.25, 0.3) is 0 Å². The van der Waals surface area contributed by atoms with Crippen LogP contribution in [0.3, 0.4) is 0 Å². The summed E-state index contributed by atoms with van der Waals surface area (Å²) in [4.78, 5) is 0. The van der Waals surface area contributed by atoms with Crippen molar-refractivity contribution >= 4 is 0 Å². The van der Waals surface area contributed by atoms with Crippen molar-refractivity contribution in [1.82, 2.24) is 0 Å². The number of rotatable bonds is 7. The Labute approximate surface area is 125 Å². The molecule has 1 N–H and O–H groups in total. The number of aryl methyl sites for hydroxylation is 1. The molecule has 1 saturated heterocycles. The number of ether oxygens (including phenoxy) is 2. The lowest BCUT2D eigenvalue weighted by Gasteiger charge is -2.10. The van der Waals surface area contributed by atoms with Gasteiger partial charge in [0.1, 0.15) is 18.0 Å². The van der Waals surface area contributed by atoms with Crippen LogP contribution in [0.5, 0.6) is 5.75 Å². The summed E-state index contributed by atoms with van der Waals surface area (Å²) < 4.78 is 10.8. The Hall–Kier alpha value is -1.84. The molecule has 2 aromatic carbocycles. The molecule has 0 saturated carbocycles. The highest BCUT2D eigenvalue weighted by molar-refractivity contribution is 5.29. The van der Waals surface area contributed by atoms with E-state index in [1.54, 1.807) is 0 Å². The topological polar surface area (TPSA) is 42.0 Å². The normalized spacial score (nSPS) is 18.2. The Balaban J connectivity index is 1.43. The molecule has 1 heterocycles. The van der Waals surface area contributed by atoms with Crippen LogP contribution in [0.4, 0.5) is 0 Å². The molecular formula is C18H20O3. The maximum absolute atomic E-state index is 9.93. The first-order valence-corrected chi connectivity index (χ1v) is 7.39. The van der Waals surface area contributed by atoms with E-state index >= 15 is 0 Å². The lowest BCUT2D eigenvalue weighted by molar-refractivity contribution is 0.137. The Morgan fingerprint density at radius 1 is 1.10 bits per heavy atom. The van der Waals surface area contributed by atoms with E-state index in [1.165, 1.54) is 5.56 Å². The third kappa shape index (κ3) is 4.06. The highest BCUT2D eigenvalue weighted by Gasteiger charge is 2.32. The van der Waals surface area contributed by atoms with Crippen molar-refractivity contribution in [2.24, 2.45) is 0 Å². The van der Waals surface area contributed by atoms with Crippen LogP contribution in [0, 0.1) is 0 Å². The van der Waals surface area contributed by atoms with Gasteiger partial charge in [-0.05, 0) is 36.1 Å². The molecule has 3 heteroatoms. The summed E-state index contributed by atoms with van der Waals surface area (Å²) in [7, 11) is 0. The van der Waals surface area contributed by atoms with Gasteiger partial charge in [0.2, 0.25) is 0 Å². The van der Waals surface area contributed by atoms with Gasteiger partial charge in [0, 0.05) is 0 Å². The van der Waals surface area contributed by atoms with E-state index < -0.39 is 6.10 Å². The molecule has 2 atom stereocenters. The standard InChI is InChI=1S/C18H20O3/c19-18(17-13-21-17)15-8-10-16(11-9-15)20-12-4-7-14-5-2-1-3-6-14/h1-3,5-6,8-11,17-19H,4,7,12-13H2.